The van der Waals surface area contributed by atoms with Crippen molar-refractivity contribution in [3.8, 4) is 11.4 Å². The molecule has 1 saturated carbocycles. The fourth-order valence-corrected chi connectivity index (χ4v) is 3.39. The van der Waals surface area contributed by atoms with Gasteiger partial charge in [-0.1, -0.05) is 5.16 Å². The average Bonchev–Trinajstić information content (AvgIpc) is 3.14. The fraction of sp³-hybridized carbons (Fsp3) is 0.500. The molecule has 2 amide bonds. The lowest BCUT2D eigenvalue weighted by atomic mass is 9.82. The number of nitrogens with zero attached hydrogens (tertiary/aromatic N) is 2. The number of esters is 1. The smallest absolute Gasteiger partial charge is 0.319 e. The van der Waals surface area contributed by atoms with E-state index in [4.69, 9.17) is 9.26 Å². The van der Waals surface area contributed by atoms with Gasteiger partial charge in [0.2, 0.25) is 11.7 Å². The van der Waals surface area contributed by atoms with Gasteiger partial charge in [-0.05, 0) is 62.8 Å². The van der Waals surface area contributed by atoms with Crippen LogP contribution in [0.15, 0.2) is 28.8 Å². The van der Waals surface area contributed by atoms with Gasteiger partial charge in [-0.25, -0.2) is 4.79 Å². The number of benzene rings is 1. The van der Waals surface area contributed by atoms with Crippen molar-refractivity contribution in [3.63, 3.8) is 0 Å². The number of carbonyl (C=O) groups is 2. The molecule has 2 N–H and O–H groups in total. The Morgan fingerprint density at radius 3 is 2.50 bits per heavy atom. The van der Waals surface area contributed by atoms with Crippen LogP contribution in [-0.2, 0) is 9.53 Å². The van der Waals surface area contributed by atoms with Gasteiger partial charge >= 0.3 is 12.0 Å². The first kappa shape index (κ1) is 19.9. The zero-order valence-corrected chi connectivity index (χ0v) is 16.2. The second kappa shape index (κ2) is 9.34. The van der Waals surface area contributed by atoms with Crippen molar-refractivity contribution >= 4 is 17.7 Å². The maximum atomic E-state index is 12.1. The van der Waals surface area contributed by atoms with Crippen molar-refractivity contribution in [3.05, 3.63) is 30.2 Å². The summed E-state index contributed by atoms with van der Waals surface area (Å²) in [7, 11) is 0. The molecule has 1 aliphatic rings. The molecule has 1 heterocycles. The van der Waals surface area contributed by atoms with Gasteiger partial charge in [0.25, 0.3) is 0 Å². The minimum Gasteiger partial charge on any atom is -0.466 e. The molecular formula is C20H26N4O4. The van der Waals surface area contributed by atoms with Crippen molar-refractivity contribution in [2.75, 3.05) is 18.5 Å². The predicted molar refractivity (Wildman–Crippen MR) is 104 cm³/mol. The lowest BCUT2D eigenvalue weighted by Crippen LogP contribution is -2.35. The molecule has 3 rings (SSSR count). The molecule has 0 aliphatic heterocycles. The van der Waals surface area contributed by atoms with E-state index in [1.54, 1.807) is 19.1 Å². The molecule has 8 nitrogen and oxygen atoms in total. The maximum Gasteiger partial charge on any atom is 0.319 e. The number of ether oxygens (including phenoxy) is 1. The number of nitrogens with one attached hydrogen (secondary N) is 2. The van der Waals surface area contributed by atoms with E-state index in [9.17, 15) is 9.59 Å². The second-order valence-electron chi connectivity index (χ2n) is 7.02. The van der Waals surface area contributed by atoms with E-state index in [1.165, 1.54) is 0 Å². The highest BCUT2D eigenvalue weighted by Gasteiger charge is 2.27. The lowest BCUT2D eigenvalue weighted by molar-refractivity contribution is -0.149. The lowest BCUT2D eigenvalue weighted by Gasteiger charge is -2.27. The highest BCUT2D eigenvalue weighted by molar-refractivity contribution is 5.89. The molecule has 0 atom stereocenters. The van der Waals surface area contributed by atoms with Crippen LogP contribution in [0.5, 0.6) is 0 Å². The third-order valence-electron chi connectivity index (χ3n) is 4.95. The molecule has 8 heteroatoms. The first-order chi connectivity index (χ1) is 13.5. The van der Waals surface area contributed by atoms with E-state index >= 15 is 0 Å². The monoisotopic (exact) mass is 386 g/mol. The largest absolute Gasteiger partial charge is 0.466 e. The molecule has 1 aliphatic carbocycles. The van der Waals surface area contributed by atoms with Crippen LogP contribution in [0, 0.1) is 18.8 Å². The summed E-state index contributed by atoms with van der Waals surface area (Å²) in [5, 5.41) is 9.60. The SMILES string of the molecule is CCOC(=O)C1CCC(CNC(=O)Nc2ccc(-c3noc(C)n3)cc2)CC1. The number of anilines is 1. The molecule has 28 heavy (non-hydrogen) atoms. The van der Waals surface area contributed by atoms with Gasteiger partial charge in [-0.3, -0.25) is 4.79 Å². The number of hydrogen-bond acceptors (Lipinski definition) is 6. The maximum absolute atomic E-state index is 12.1. The Kier molecular flexibility index (Phi) is 6.62. The molecule has 1 aromatic heterocycles. The number of aromatic nitrogens is 2. The molecule has 0 spiro atoms. The van der Waals surface area contributed by atoms with Gasteiger partial charge in [0.15, 0.2) is 0 Å². The van der Waals surface area contributed by atoms with Crippen molar-refractivity contribution in [1.82, 2.24) is 15.5 Å². The molecule has 0 saturated heterocycles. The average molecular weight is 386 g/mol. The first-order valence-corrected chi connectivity index (χ1v) is 9.67. The predicted octanol–water partition coefficient (Wildman–Crippen LogP) is 3.54. The summed E-state index contributed by atoms with van der Waals surface area (Å²) in [5.74, 6) is 1.33. The number of rotatable bonds is 6. The van der Waals surface area contributed by atoms with E-state index in [0.717, 1.165) is 31.2 Å². The summed E-state index contributed by atoms with van der Waals surface area (Å²) in [6.45, 7) is 4.59. The Bertz CT molecular complexity index is 795. The molecule has 1 aromatic carbocycles. The van der Waals surface area contributed by atoms with Crippen LogP contribution in [0.2, 0.25) is 0 Å². The molecule has 0 radical (unpaired) electrons. The van der Waals surface area contributed by atoms with Crippen LogP contribution in [0.4, 0.5) is 10.5 Å². The van der Waals surface area contributed by atoms with Gasteiger partial charge in [0, 0.05) is 24.7 Å². The third-order valence-corrected chi connectivity index (χ3v) is 4.95. The third kappa shape index (κ3) is 5.31. The summed E-state index contributed by atoms with van der Waals surface area (Å²) >= 11 is 0. The van der Waals surface area contributed by atoms with E-state index < -0.39 is 0 Å². The standard InChI is InChI=1S/C20H26N4O4/c1-3-27-19(25)16-6-4-14(5-7-16)12-21-20(26)23-17-10-8-15(9-11-17)18-22-13(2)28-24-18/h8-11,14,16H,3-7,12H2,1-2H3,(H2,21,23,26). The molecule has 0 bridgehead atoms. The second-order valence-corrected chi connectivity index (χ2v) is 7.02. The van der Waals surface area contributed by atoms with E-state index in [0.29, 0.717) is 36.5 Å². The summed E-state index contributed by atoms with van der Waals surface area (Å²) in [4.78, 5) is 28.1. The molecule has 0 unspecified atom stereocenters. The quantitative estimate of drug-likeness (QED) is 0.736. The van der Waals surface area contributed by atoms with Crippen molar-refractivity contribution in [2.45, 2.75) is 39.5 Å². The fourth-order valence-electron chi connectivity index (χ4n) is 3.39. The molecule has 1 fully saturated rings. The van der Waals surface area contributed by atoms with Gasteiger partial charge in [0.1, 0.15) is 0 Å². The van der Waals surface area contributed by atoms with Gasteiger partial charge in [-0.15, -0.1) is 0 Å². The van der Waals surface area contributed by atoms with E-state index in [1.807, 2.05) is 19.1 Å². The Morgan fingerprint density at radius 1 is 1.18 bits per heavy atom. The molecular weight excluding hydrogens is 360 g/mol. The Labute approximate surface area is 164 Å². The van der Waals surface area contributed by atoms with E-state index in [-0.39, 0.29) is 17.9 Å². The van der Waals surface area contributed by atoms with Crippen LogP contribution in [0.25, 0.3) is 11.4 Å². The summed E-state index contributed by atoms with van der Waals surface area (Å²) in [6.07, 6.45) is 3.48. The Hall–Kier alpha value is -2.90. The number of aryl methyl sites for hydroxylation is 1. The number of amides is 2. The Morgan fingerprint density at radius 2 is 1.89 bits per heavy atom. The van der Waals surface area contributed by atoms with Crippen LogP contribution in [0.1, 0.15) is 38.5 Å². The topological polar surface area (TPSA) is 106 Å². The van der Waals surface area contributed by atoms with E-state index in [2.05, 4.69) is 20.8 Å². The van der Waals surface area contributed by atoms with Gasteiger partial charge in [0.05, 0.1) is 12.5 Å². The van der Waals surface area contributed by atoms with Gasteiger partial charge < -0.3 is 19.9 Å². The summed E-state index contributed by atoms with van der Waals surface area (Å²) < 4.78 is 10.1. The zero-order chi connectivity index (χ0) is 19.9. The summed E-state index contributed by atoms with van der Waals surface area (Å²) in [6, 6.07) is 7.01. The van der Waals surface area contributed by atoms with Crippen molar-refractivity contribution in [1.29, 1.82) is 0 Å². The first-order valence-electron chi connectivity index (χ1n) is 9.67. The zero-order valence-electron chi connectivity index (χ0n) is 16.2. The van der Waals surface area contributed by atoms with Gasteiger partial charge in [-0.2, -0.15) is 4.98 Å². The number of carbonyl (C=O) groups excluding carboxylic acids is 2. The Balaban J connectivity index is 1.41. The normalized spacial score (nSPS) is 19.1. The number of hydrogen-bond donors (Lipinski definition) is 2. The highest BCUT2D eigenvalue weighted by Crippen LogP contribution is 2.29. The van der Waals surface area contributed by atoms with Crippen LogP contribution in [-0.4, -0.2) is 35.3 Å². The van der Waals surface area contributed by atoms with Crippen LogP contribution >= 0.6 is 0 Å². The van der Waals surface area contributed by atoms with Crippen molar-refractivity contribution in [2.24, 2.45) is 11.8 Å². The molecule has 2 aromatic rings. The van der Waals surface area contributed by atoms with Crippen LogP contribution in [0.3, 0.4) is 0 Å². The summed E-state index contributed by atoms with van der Waals surface area (Å²) in [5.41, 5.74) is 1.51. The van der Waals surface area contributed by atoms with Crippen LogP contribution < -0.4 is 10.6 Å². The highest BCUT2D eigenvalue weighted by atomic mass is 16.5. The molecule has 150 valence electrons. The number of urea groups is 1. The minimum atomic E-state index is -0.240. The minimum absolute atomic E-state index is 0.00605. The van der Waals surface area contributed by atoms with Crippen molar-refractivity contribution < 1.29 is 18.8 Å².